The molecule has 0 fully saturated rings. The van der Waals surface area contributed by atoms with Gasteiger partial charge < -0.3 is 11.5 Å². The van der Waals surface area contributed by atoms with Crippen LogP contribution in [0.3, 0.4) is 0 Å². The average molecular weight is 128 g/mol. The Kier molecular flexibility index (Phi) is 3.71. The summed E-state index contributed by atoms with van der Waals surface area (Å²) in [7, 11) is 0. The summed E-state index contributed by atoms with van der Waals surface area (Å²) in [6.07, 6.45) is 4.18. The van der Waals surface area contributed by atoms with Crippen molar-refractivity contribution >= 4 is 5.91 Å². The third kappa shape index (κ3) is 3.73. The van der Waals surface area contributed by atoms with Crippen molar-refractivity contribution in [3.8, 4) is 0 Å². The molecule has 0 rings (SSSR count). The van der Waals surface area contributed by atoms with Crippen LogP contribution in [0.25, 0.3) is 0 Å². The highest BCUT2D eigenvalue weighted by Crippen LogP contribution is 1.87. The van der Waals surface area contributed by atoms with Crippen molar-refractivity contribution in [2.75, 3.05) is 0 Å². The molecule has 1 unspecified atom stereocenters. The standard InChI is InChI=1S/C6H12N2O/c1-2-3-4-5(7)6(8)9/h2-3,5H,4,7H2,1H3,(H2,8,9). The Labute approximate surface area is 54.7 Å². The molecule has 0 heterocycles. The SMILES string of the molecule is CC=CCC(N)C(N)=O. The van der Waals surface area contributed by atoms with Gasteiger partial charge in [-0.3, -0.25) is 4.79 Å². The Morgan fingerprint density at radius 1 is 1.78 bits per heavy atom. The Bertz CT molecular complexity index is 120. The number of primary amides is 1. The zero-order chi connectivity index (χ0) is 7.28. The molecular formula is C6H12N2O. The van der Waals surface area contributed by atoms with Gasteiger partial charge in [0.25, 0.3) is 0 Å². The Balaban J connectivity index is 3.50. The first-order chi connectivity index (χ1) is 4.18. The van der Waals surface area contributed by atoms with Gasteiger partial charge in [-0.15, -0.1) is 0 Å². The van der Waals surface area contributed by atoms with Gasteiger partial charge in [0.1, 0.15) is 0 Å². The molecule has 1 amide bonds. The lowest BCUT2D eigenvalue weighted by Gasteiger charge is -2.00. The number of carbonyl (C=O) groups excluding carboxylic acids is 1. The van der Waals surface area contributed by atoms with E-state index in [0.717, 1.165) is 0 Å². The highest BCUT2D eigenvalue weighted by atomic mass is 16.1. The fourth-order valence-electron chi connectivity index (χ4n) is 0.399. The van der Waals surface area contributed by atoms with Crippen molar-refractivity contribution in [3.05, 3.63) is 12.2 Å². The zero-order valence-corrected chi connectivity index (χ0v) is 5.50. The molecule has 0 aromatic carbocycles. The molecule has 0 aliphatic rings. The number of carbonyl (C=O) groups is 1. The van der Waals surface area contributed by atoms with Crippen LogP contribution in [0.4, 0.5) is 0 Å². The van der Waals surface area contributed by atoms with Gasteiger partial charge >= 0.3 is 0 Å². The van der Waals surface area contributed by atoms with E-state index in [0.29, 0.717) is 6.42 Å². The summed E-state index contributed by atoms with van der Waals surface area (Å²) in [5.74, 6) is -0.451. The van der Waals surface area contributed by atoms with Gasteiger partial charge in [0.05, 0.1) is 6.04 Å². The summed E-state index contributed by atoms with van der Waals surface area (Å²) in [5.41, 5.74) is 10.2. The summed E-state index contributed by atoms with van der Waals surface area (Å²) in [5, 5.41) is 0. The van der Waals surface area contributed by atoms with E-state index in [4.69, 9.17) is 11.5 Å². The zero-order valence-electron chi connectivity index (χ0n) is 5.50. The lowest BCUT2D eigenvalue weighted by Crippen LogP contribution is -2.35. The Morgan fingerprint density at radius 2 is 2.33 bits per heavy atom. The maximum atomic E-state index is 10.3. The molecule has 0 aromatic rings. The van der Waals surface area contributed by atoms with E-state index in [-0.39, 0.29) is 0 Å². The number of hydrogen-bond donors (Lipinski definition) is 2. The van der Waals surface area contributed by atoms with E-state index >= 15 is 0 Å². The summed E-state index contributed by atoms with van der Waals surface area (Å²) in [6, 6.07) is -0.527. The fourth-order valence-corrected chi connectivity index (χ4v) is 0.399. The first-order valence-corrected chi connectivity index (χ1v) is 2.84. The summed E-state index contributed by atoms with van der Waals surface area (Å²) >= 11 is 0. The Morgan fingerprint density at radius 3 is 2.67 bits per heavy atom. The van der Waals surface area contributed by atoms with Gasteiger partial charge in [-0.25, -0.2) is 0 Å². The van der Waals surface area contributed by atoms with Crippen LogP contribution in [0.1, 0.15) is 13.3 Å². The van der Waals surface area contributed by atoms with Crippen molar-refractivity contribution in [1.82, 2.24) is 0 Å². The van der Waals surface area contributed by atoms with Crippen LogP contribution in [0, 0.1) is 0 Å². The molecule has 0 aliphatic carbocycles. The third-order valence-corrected chi connectivity index (χ3v) is 0.991. The predicted octanol–water partition coefficient (Wildman–Crippen LogP) is -0.235. The van der Waals surface area contributed by atoms with E-state index < -0.39 is 11.9 Å². The number of rotatable bonds is 3. The van der Waals surface area contributed by atoms with Crippen LogP contribution in [0.15, 0.2) is 12.2 Å². The number of hydrogen-bond acceptors (Lipinski definition) is 2. The van der Waals surface area contributed by atoms with Crippen molar-refractivity contribution in [1.29, 1.82) is 0 Å². The van der Waals surface area contributed by atoms with Crippen LogP contribution in [-0.2, 0) is 4.79 Å². The summed E-state index contributed by atoms with van der Waals surface area (Å²) in [4.78, 5) is 10.3. The van der Waals surface area contributed by atoms with E-state index in [9.17, 15) is 4.79 Å². The number of nitrogens with two attached hydrogens (primary N) is 2. The highest BCUT2D eigenvalue weighted by molar-refractivity contribution is 5.79. The predicted molar refractivity (Wildman–Crippen MR) is 36.6 cm³/mol. The average Bonchev–Trinajstić information content (AvgIpc) is 1.82. The quantitative estimate of drug-likeness (QED) is 0.515. The van der Waals surface area contributed by atoms with E-state index in [1.54, 1.807) is 0 Å². The molecule has 0 radical (unpaired) electrons. The second-order valence-electron chi connectivity index (χ2n) is 1.81. The molecular weight excluding hydrogens is 116 g/mol. The van der Waals surface area contributed by atoms with Gasteiger partial charge in [0, 0.05) is 0 Å². The Hall–Kier alpha value is -0.830. The van der Waals surface area contributed by atoms with Crippen LogP contribution in [0.2, 0.25) is 0 Å². The van der Waals surface area contributed by atoms with Crippen LogP contribution < -0.4 is 11.5 Å². The smallest absolute Gasteiger partial charge is 0.234 e. The molecule has 1 atom stereocenters. The first kappa shape index (κ1) is 8.17. The lowest BCUT2D eigenvalue weighted by molar-refractivity contribution is -0.119. The van der Waals surface area contributed by atoms with E-state index in [2.05, 4.69) is 0 Å². The van der Waals surface area contributed by atoms with Crippen molar-refractivity contribution in [2.45, 2.75) is 19.4 Å². The maximum absolute atomic E-state index is 10.3. The topological polar surface area (TPSA) is 69.1 Å². The molecule has 3 heteroatoms. The number of amides is 1. The van der Waals surface area contributed by atoms with Gasteiger partial charge in [-0.05, 0) is 13.3 Å². The molecule has 0 saturated heterocycles. The monoisotopic (exact) mass is 128 g/mol. The second-order valence-corrected chi connectivity index (χ2v) is 1.81. The van der Waals surface area contributed by atoms with Gasteiger partial charge in [0.2, 0.25) is 5.91 Å². The van der Waals surface area contributed by atoms with Crippen LogP contribution in [-0.4, -0.2) is 11.9 Å². The maximum Gasteiger partial charge on any atom is 0.234 e. The highest BCUT2D eigenvalue weighted by Gasteiger charge is 2.04. The first-order valence-electron chi connectivity index (χ1n) is 2.84. The molecule has 0 bridgehead atoms. The van der Waals surface area contributed by atoms with Gasteiger partial charge in [-0.1, -0.05) is 12.2 Å². The van der Waals surface area contributed by atoms with Gasteiger partial charge in [-0.2, -0.15) is 0 Å². The molecule has 4 N–H and O–H groups in total. The largest absolute Gasteiger partial charge is 0.368 e. The third-order valence-electron chi connectivity index (χ3n) is 0.991. The molecule has 52 valence electrons. The minimum Gasteiger partial charge on any atom is -0.368 e. The molecule has 0 aliphatic heterocycles. The normalized spacial score (nSPS) is 14.0. The van der Waals surface area contributed by atoms with E-state index in [1.165, 1.54) is 0 Å². The molecule has 0 aromatic heterocycles. The molecule has 0 spiro atoms. The van der Waals surface area contributed by atoms with Crippen LogP contribution >= 0.6 is 0 Å². The van der Waals surface area contributed by atoms with Crippen molar-refractivity contribution in [2.24, 2.45) is 11.5 Å². The van der Waals surface area contributed by atoms with Crippen molar-refractivity contribution < 1.29 is 4.79 Å². The second kappa shape index (κ2) is 4.09. The van der Waals surface area contributed by atoms with Crippen LogP contribution in [0.5, 0.6) is 0 Å². The molecule has 3 nitrogen and oxygen atoms in total. The summed E-state index contributed by atoms with van der Waals surface area (Å²) < 4.78 is 0. The minimum atomic E-state index is -0.527. The summed E-state index contributed by atoms with van der Waals surface area (Å²) in [6.45, 7) is 1.87. The number of allylic oxidation sites excluding steroid dienone is 1. The lowest BCUT2D eigenvalue weighted by atomic mass is 10.2. The molecule has 0 saturated carbocycles. The fraction of sp³-hybridized carbons (Fsp3) is 0.500. The molecule has 9 heavy (non-hydrogen) atoms. The minimum absolute atomic E-state index is 0.451. The van der Waals surface area contributed by atoms with Gasteiger partial charge in [0.15, 0.2) is 0 Å². The van der Waals surface area contributed by atoms with Crippen molar-refractivity contribution in [3.63, 3.8) is 0 Å². The van der Waals surface area contributed by atoms with E-state index in [1.807, 2.05) is 19.1 Å².